The molecule has 0 aliphatic carbocycles. The molecule has 0 aliphatic heterocycles. The summed E-state index contributed by atoms with van der Waals surface area (Å²) in [6.45, 7) is 0. The predicted molar refractivity (Wildman–Crippen MR) is 105 cm³/mol. The summed E-state index contributed by atoms with van der Waals surface area (Å²) in [5.74, 6) is -0.233. The molecule has 2 N–H and O–H groups in total. The first-order chi connectivity index (χ1) is 12.0. The van der Waals surface area contributed by atoms with Crippen LogP contribution in [0, 0.1) is 15.2 Å². The Bertz CT molecular complexity index is 1050. The molecule has 0 radical (unpaired) electrons. The van der Waals surface area contributed by atoms with Crippen LogP contribution in [-0.2, 0) is 0 Å². The molecule has 0 amide bonds. The molecule has 3 nitrogen and oxygen atoms in total. The lowest BCUT2D eigenvalue weighted by atomic mass is 9.93. The molecule has 0 fully saturated rings. The van der Waals surface area contributed by atoms with E-state index in [0.29, 0.717) is 36.1 Å². The number of nitrogen functional groups attached to an aromatic ring is 1. The van der Waals surface area contributed by atoms with Crippen LogP contribution in [0.3, 0.4) is 0 Å². The molecule has 122 valence electrons. The minimum atomic E-state index is -0.233. The van der Waals surface area contributed by atoms with Gasteiger partial charge in [-0.3, -0.25) is 4.79 Å². The van der Waals surface area contributed by atoms with Gasteiger partial charge in [0.2, 0.25) is 0 Å². The smallest absolute Gasteiger partial charge is 0.195 e. The van der Waals surface area contributed by atoms with E-state index in [2.05, 4.69) is 6.07 Å². The number of ketones is 1. The van der Waals surface area contributed by atoms with Gasteiger partial charge in [-0.2, -0.15) is 5.26 Å². The standard InChI is InChI=1S/C19H11ClN2OS2/c20-13-8-6-11(7-9-13)15-14(10-21)18(22)25-19(24)16(15)17(23)12-4-2-1-3-5-12/h1-9H,22H2. The first-order valence-corrected chi connectivity index (χ1v) is 8.85. The van der Waals surface area contributed by atoms with Crippen LogP contribution in [0.5, 0.6) is 0 Å². The number of carbonyl (C=O) groups is 1. The van der Waals surface area contributed by atoms with Crippen molar-refractivity contribution in [3.63, 3.8) is 0 Å². The summed E-state index contributed by atoms with van der Waals surface area (Å²) in [6, 6.07) is 17.8. The SMILES string of the molecule is N#Cc1c(N)sc(=S)c(C(=O)c2ccccc2)c1-c1ccc(Cl)cc1. The summed E-state index contributed by atoms with van der Waals surface area (Å²) in [4.78, 5) is 13.1. The number of halogens is 1. The molecular weight excluding hydrogens is 372 g/mol. The third-order valence-corrected chi connectivity index (χ3v) is 5.18. The Morgan fingerprint density at radius 1 is 1.12 bits per heavy atom. The molecule has 6 heteroatoms. The summed E-state index contributed by atoms with van der Waals surface area (Å²) in [5.41, 5.74) is 8.20. The molecule has 3 rings (SSSR count). The van der Waals surface area contributed by atoms with E-state index >= 15 is 0 Å². The van der Waals surface area contributed by atoms with E-state index < -0.39 is 0 Å². The summed E-state index contributed by atoms with van der Waals surface area (Å²) >= 11 is 12.4. The average molecular weight is 383 g/mol. The second-order valence-corrected chi connectivity index (χ2v) is 7.35. The molecule has 25 heavy (non-hydrogen) atoms. The van der Waals surface area contributed by atoms with Crippen LogP contribution < -0.4 is 5.73 Å². The first-order valence-electron chi connectivity index (χ1n) is 7.25. The van der Waals surface area contributed by atoms with E-state index in [0.717, 1.165) is 11.3 Å². The zero-order chi connectivity index (χ0) is 18.0. The summed E-state index contributed by atoms with van der Waals surface area (Å²) in [6.07, 6.45) is 0. The summed E-state index contributed by atoms with van der Waals surface area (Å²) in [7, 11) is 0. The van der Waals surface area contributed by atoms with Crippen molar-refractivity contribution in [2.75, 3.05) is 5.73 Å². The molecule has 1 heterocycles. The minimum absolute atomic E-state index is 0.233. The third-order valence-electron chi connectivity index (χ3n) is 3.66. The Morgan fingerprint density at radius 2 is 1.76 bits per heavy atom. The molecule has 2 aromatic carbocycles. The molecule has 0 unspecified atom stereocenters. The first kappa shape index (κ1) is 17.3. The fourth-order valence-electron chi connectivity index (χ4n) is 2.51. The lowest BCUT2D eigenvalue weighted by Crippen LogP contribution is -2.07. The van der Waals surface area contributed by atoms with Crippen LogP contribution in [-0.4, -0.2) is 5.78 Å². The van der Waals surface area contributed by atoms with Crippen molar-refractivity contribution in [3.05, 3.63) is 80.1 Å². The van der Waals surface area contributed by atoms with Crippen LogP contribution in [0.4, 0.5) is 5.00 Å². The molecular formula is C19H11ClN2OS2. The topological polar surface area (TPSA) is 66.9 Å². The van der Waals surface area contributed by atoms with Gasteiger partial charge in [-0.15, -0.1) is 11.3 Å². The number of anilines is 1. The zero-order valence-corrected chi connectivity index (χ0v) is 15.2. The monoisotopic (exact) mass is 382 g/mol. The quantitative estimate of drug-likeness (QED) is 0.481. The van der Waals surface area contributed by atoms with Gasteiger partial charge in [0.15, 0.2) is 5.78 Å². The molecule has 0 saturated heterocycles. The third kappa shape index (κ3) is 3.33. The second-order valence-electron chi connectivity index (χ2n) is 5.19. The fraction of sp³-hybridized carbons (Fsp3) is 0. The van der Waals surface area contributed by atoms with E-state index in [1.54, 1.807) is 48.5 Å². The summed E-state index contributed by atoms with van der Waals surface area (Å²) < 4.78 is 0.357. The molecule has 0 saturated carbocycles. The Balaban J connectivity index is 2.35. The number of hydrogen-bond donors (Lipinski definition) is 1. The van der Waals surface area contributed by atoms with Gasteiger partial charge in [0, 0.05) is 16.1 Å². The number of rotatable bonds is 3. The molecule has 0 atom stereocenters. The number of hydrogen-bond acceptors (Lipinski definition) is 5. The van der Waals surface area contributed by atoms with Crippen molar-refractivity contribution in [2.45, 2.75) is 0 Å². The largest absolute Gasteiger partial charge is 0.389 e. The summed E-state index contributed by atoms with van der Waals surface area (Å²) in [5, 5.41) is 10.4. The van der Waals surface area contributed by atoms with Gasteiger partial charge in [0.05, 0.1) is 11.1 Å². The molecule has 3 aromatic rings. The van der Waals surface area contributed by atoms with Crippen molar-refractivity contribution in [1.82, 2.24) is 0 Å². The molecule has 1 aromatic heterocycles. The Kier molecular flexibility index (Phi) is 4.95. The van der Waals surface area contributed by atoms with Gasteiger partial charge in [0.25, 0.3) is 0 Å². The highest BCUT2D eigenvalue weighted by atomic mass is 35.5. The van der Waals surface area contributed by atoms with Crippen molar-refractivity contribution < 1.29 is 4.79 Å². The molecule has 0 bridgehead atoms. The van der Waals surface area contributed by atoms with Crippen molar-refractivity contribution in [3.8, 4) is 17.2 Å². The molecule has 0 aliphatic rings. The van der Waals surface area contributed by atoms with E-state index in [1.165, 1.54) is 0 Å². The van der Waals surface area contributed by atoms with E-state index in [1.807, 2.05) is 6.07 Å². The van der Waals surface area contributed by atoms with Gasteiger partial charge in [-0.1, -0.05) is 66.3 Å². The minimum Gasteiger partial charge on any atom is -0.389 e. The number of nitriles is 1. The Hall–Kier alpha value is -2.52. The number of nitrogens with two attached hydrogens (primary N) is 1. The van der Waals surface area contributed by atoms with Crippen molar-refractivity contribution in [1.29, 1.82) is 5.26 Å². The van der Waals surface area contributed by atoms with Gasteiger partial charge in [-0.05, 0) is 17.7 Å². The number of carbonyl (C=O) groups excluding carboxylic acids is 1. The zero-order valence-electron chi connectivity index (χ0n) is 12.8. The Labute approximate surface area is 158 Å². The Morgan fingerprint density at radius 3 is 2.36 bits per heavy atom. The van der Waals surface area contributed by atoms with Gasteiger partial charge in [0.1, 0.15) is 14.9 Å². The average Bonchev–Trinajstić information content (AvgIpc) is 2.62. The lowest BCUT2D eigenvalue weighted by Gasteiger charge is -2.13. The highest BCUT2D eigenvalue weighted by Crippen LogP contribution is 2.36. The van der Waals surface area contributed by atoms with Crippen molar-refractivity contribution in [2.24, 2.45) is 0 Å². The highest BCUT2D eigenvalue weighted by molar-refractivity contribution is 7.73. The van der Waals surface area contributed by atoms with Crippen molar-refractivity contribution >= 4 is 45.9 Å². The van der Waals surface area contributed by atoms with E-state index in [9.17, 15) is 10.1 Å². The maximum Gasteiger partial charge on any atom is 0.195 e. The lowest BCUT2D eigenvalue weighted by molar-refractivity contribution is 0.103. The van der Waals surface area contributed by atoms with Crippen LogP contribution in [0.1, 0.15) is 21.5 Å². The van der Waals surface area contributed by atoms with Crippen LogP contribution in [0.25, 0.3) is 11.1 Å². The second kappa shape index (κ2) is 7.16. The maximum atomic E-state index is 13.1. The van der Waals surface area contributed by atoms with Gasteiger partial charge in [-0.25, -0.2) is 0 Å². The van der Waals surface area contributed by atoms with Gasteiger partial charge < -0.3 is 5.73 Å². The van der Waals surface area contributed by atoms with Crippen LogP contribution in [0.2, 0.25) is 5.02 Å². The van der Waals surface area contributed by atoms with Crippen LogP contribution >= 0.6 is 35.2 Å². The number of nitrogens with zero attached hydrogens (tertiary/aromatic N) is 1. The normalized spacial score (nSPS) is 10.2. The van der Waals surface area contributed by atoms with E-state index in [4.69, 9.17) is 29.6 Å². The van der Waals surface area contributed by atoms with Gasteiger partial charge >= 0.3 is 0 Å². The highest BCUT2D eigenvalue weighted by Gasteiger charge is 2.22. The molecule has 0 spiro atoms. The van der Waals surface area contributed by atoms with E-state index in [-0.39, 0.29) is 11.3 Å². The van der Waals surface area contributed by atoms with Crippen LogP contribution in [0.15, 0.2) is 54.6 Å². The maximum absolute atomic E-state index is 13.1. The fourth-order valence-corrected chi connectivity index (χ4v) is 3.84. The number of benzene rings is 2. The predicted octanol–water partition coefficient (Wildman–Crippen LogP) is 5.48.